The van der Waals surface area contributed by atoms with Crippen molar-refractivity contribution in [3.05, 3.63) is 34.9 Å². The molecule has 0 unspecified atom stereocenters. The normalized spacial score (nSPS) is 13.5. The van der Waals surface area contributed by atoms with E-state index in [1.165, 1.54) is 11.1 Å². The van der Waals surface area contributed by atoms with Gasteiger partial charge in [-0.1, -0.05) is 18.2 Å². The van der Waals surface area contributed by atoms with E-state index in [9.17, 15) is 4.79 Å². The van der Waals surface area contributed by atoms with Gasteiger partial charge < -0.3 is 10.1 Å². The van der Waals surface area contributed by atoms with Crippen LogP contribution in [0.15, 0.2) is 18.2 Å². The van der Waals surface area contributed by atoms with E-state index in [2.05, 4.69) is 11.4 Å². The van der Waals surface area contributed by atoms with Crippen LogP contribution >= 0.6 is 12.4 Å². The Kier molecular flexibility index (Phi) is 5.45. The van der Waals surface area contributed by atoms with Gasteiger partial charge in [-0.15, -0.1) is 12.4 Å². The molecular weight excluding hydrogens is 238 g/mol. The summed E-state index contributed by atoms with van der Waals surface area (Å²) in [5, 5.41) is 3.33. The molecule has 17 heavy (non-hydrogen) atoms. The molecule has 1 N–H and O–H groups in total. The molecule has 1 aliphatic rings. The van der Waals surface area contributed by atoms with E-state index in [-0.39, 0.29) is 18.4 Å². The minimum Gasteiger partial charge on any atom is -0.466 e. The van der Waals surface area contributed by atoms with Crippen molar-refractivity contribution < 1.29 is 9.53 Å². The number of halogens is 1. The predicted octanol–water partition coefficient (Wildman–Crippen LogP) is 1.86. The van der Waals surface area contributed by atoms with E-state index < -0.39 is 0 Å². The second-order valence-electron chi connectivity index (χ2n) is 3.96. The van der Waals surface area contributed by atoms with Crippen molar-refractivity contribution in [1.29, 1.82) is 0 Å². The first kappa shape index (κ1) is 14.0. The Bertz CT molecular complexity index is 393. The average Bonchev–Trinajstić information content (AvgIpc) is 2.30. The first-order chi connectivity index (χ1) is 7.81. The quantitative estimate of drug-likeness (QED) is 0.838. The summed E-state index contributed by atoms with van der Waals surface area (Å²) in [6.45, 7) is 4.19. The van der Waals surface area contributed by atoms with E-state index in [1.54, 1.807) is 0 Å². The Morgan fingerprint density at radius 3 is 3.06 bits per heavy atom. The summed E-state index contributed by atoms with van der Waals surface area (Å²) in [6, 6.07) is 6.16. The van der Waals surface area contributed by atoms with Gasteiger partial charge in [0.1, 0.15) is 0 Å². The number of hydrogen-bond donors (Lipinski definition) is 1. The fourth-order valence-corrected chi connectivity index (χ4v) is 2.14. The summed E-state index contributed by atoms with van der Waals surface area (Å²) >= 11 is 0. The molecule has 3 nitrogen and oxygen atoms in total. The van der Waals surface area contributed by atoms with Crippen molar-refractivity contribution in [1.82, 2.24) is 5.32 Å². The average molecular weight is 256 g/mol. The zero-order chi connectivity index (χ0) is 11.4. The summed E-state index contributed by atoms with van der Waals surface area (Å²) in [6.07, 6.45) is 1.40. The van der Waals surface area contributed by atoms with Crippen LogP contribution in [0, 0.1) is 0 Å². The van der Waals surface area contributed by atoms with Gasteiger partial charge in [0.2, 0.25) is 0 Å². The Morgan fingerprint density at radius 2 is 2.29 bits per heavy atom. The Morgan fingerprint density at radius 1 is 1.47 bits per heavy atom. The molecular formula is C13H18ClNO2. The first-order valence-corrected chi connectivity index (χ1v) is 5.77. The third kappa shape index (κ3) is 3.45. The van der Waals surface area contributed by atoms with Crippen LogP contribution in [-0.4, -0.2) is 19.1 Å². The molecule has 1 aromatic rings. The number of ether oxygens (including phenoxy) is 1. The fourth-order valence-electron chi connectivity index (χ4n) is 2.14. The third-order valence-corrected chi connectivity index (χ3v) is 2.88. The van der Waals surface area contributed by atoms with Gasteiger partial charge in [0.15, 0.2) is 0 Å². The van der Waals surface area contributed by atoms with Crippen molar-refractivity contribution in [3.63, 3.8) is 0 Å². The van der Waals surface area contributed by atoms with E-state index in [1.807, 2.05) is 19.1 Å². The molecule has 1 aromatic carbocycles. The third-order valence-electron chi connectivity index (χ3n) is 2.88. The highest BCUT2D eigenvalue weighted by Gasteiger charge is 2.14. The molecule has 0 saturated carbocycles. The van der Waals surface area contributed by atoms with Crippen molar-refractivity contribution in [2.45, 2.75) is 26.3 Å². The van der Waals surface area contributed by atoms with Crippen LogP contribution in [0.2, 0.25) is 0 Å². The van der Waals surface area contributed by atoms with Crippen LogP contribution in [0.1, 0.15) is 23.6 Å². The van der Waals surface area contributed by atoms with Crippen LogP contribution < -0.4 is 5.32 Å². The van der Waals surface area contributed by atoms with Crippen molar-refractivity contribution in [2.24, 2.45) is 0 Å². The summed E-state index contributed by atoms with van der Waals surface area (Å²) < 4.78 is 4.98. The summed E-state index contributed by atoms with van der Waals surface area (Å²) in [4.78, 5) is 11.5. The molecule has 0 amide bonds. The van der Waals surface area contributed by atoms with Crippen molar-refractivity contribution >= 4 is 18.4 Å². The SMILES string of the molecule is CCOC(=O)Cc1cccc2c1CCNC2.Cl. The number of esters is 1. The van der Waals surface area contributed by atoms with Gasteiger partial charge in [-0.25, -0.2) is 0 Å². The van der Waals surface area contributed by atoms with Crippen LogP contribution in [0.25, 0.3) is 0 Å². The monoisotopic (exact) mass is 255 g/mol. The largest absolute Gasteiger partial charge is 0.466 e. The molecule has 0 fully saturated rings. The number of fused-ring (bicyclic) bond motifs is 1. The van der Waals surface area contributed by atoms with Crippen LogP contribution in [0.5, 0.6) is 0 Å². The lowest BCUT2D eigenvalue weighted by Gasteiger charge is -2.19. The number of carbonyl (C=O) groups is 1. The Balaban J connectivity index is 0.00000144. The molecule has 1 heterocycles. The van der Waals surface area contributed by atoms with E-state index in [0.717, 1.165) is 25.1 Å². The molecule has 94 valence electrons. The highest BCUT2D eigenvalue weighted by Crippen LogP contribution is 2.19. The number of hydrogen-bond acceptors (Lipinski definition) is 3. The zero-order valence-corrected chi connectivity index (χ0v) is 10.8. The lowest BCUT2D eigenvalue weighted by Crippen LogP contribution is -2.25. The molecule has 0 aromatic heterocycles. The molecule has 0 bridgehead atoms. The second-order valence-corrected chi connectivity index (χ2v) is 3.96. The molecule has 2 rings (SSSR count). The highest BCUT2D eigenvalue weighted by atomic mass is 35.5. The van der Waals surface area contributed by atoms with Gasteiger partial charge in [-0.05, 0) is 36.6 Å². The maximum Gasteiger partial charge on any atom is 0.310 e. The zero-order valence-electron chi connectivity index (χ0n) is 9.99. The maximum absolute atomic E-state index is 11.5. The Hall–Kier alpha value is -1.06. The molecule has 0 atom stereocenters. The van der Waals surface area contributed by atoms with Gasteiger partial charge in [-0.2, -0.15) is 0 Å². The molecule has 0 saturated heterocycles. The van der Waals surface area contributed by atoms with Crippen LogP contribution in [-0.2, 0) is 28.9 Å². The topological polar surface area (TPSA) is 38.3 Å². The van der Waals surface area contributed by atoms with Gasteiger partial charge >= 0.3 is 5.97 Å². The smallest absolute Gasteiger partial charge is 0.310 e. The minimum atomic E-state index is -0.130. The predicted molar refractivity (Wildman–Crippen MR) is 69.4 cm³/mol. The lowest BCUT2D eigenvalue weighted by molar-refractivity contribution is -0.142. The van der Waals surface area contributed by atoms with E-state index in [0.29, 0.717) is 13.0 Å². The number of nitrogens with one attached hydrogen (secondary N) is 1. The molecule has 0 spiro atoms. The van der Waals surface area contributed by atoms with Gasteiger partial charge in [-0.3, -0.25) is 4.79 Å². The van der Waals surface area contributed by atoms with Crippen molar-refractivity contribution in [3.8, 4) is 0 Å². The number of rotatable bonds is 3. The van der Waals surface area contributed by atoms with E-state index in [4.69, 9.17) is 4.74 Å². The first-order valence-electron chi connectivity index (χ1n) is 5.77. The van der Waals surface area contributed by atoms with Gasteiger partial charge in [0, 0.05) is 6.54 Å². The lowest BCUT2D eigenvalue weighted by atomic mass is 9.94. The second kappa shape index (κ2) is 6.62. The Labute approximate surface area is 108 Å². The molecule has 1 aliphatic heterocycles. The summed E-state index contributed by atoms with van der Waals surface area (Å²) in [5.74, 6) is -0.130. The van der Waals surface area contributed by atoms with Crippen molar-refractivity contribution in [2.75, 3.05) is 13.2 Å². The standard InChI is InChI=1S/C13H17NO2.ClH/c1-2-16-13(15)8-10-4-3-5-11-9-14-7-6-12(10)11;/h3-5,14H,2,6-9H2,1H3;1H. The highest BCUT2D eigenvalue weighted by molar-refractivity contribution is 5.85. The van der Waals surface area contributed by atoms with Crippen LogP contribution in [0.3, 0.4) is 0 Å². The minimum absolute atomic E-state index is 0. The van der Waals surface area contributed by atoms with Crippen LogP contribution in [0.4, 0.5) is 0 Å². The fraction of sp³-hybridized carbons (Fsp3) is 0.462. The summed E-state index contributed by atoms with van der Waals surface area (Å²) in [7, 11) is 0. The molecule has 0 radical (unpaired) electrons. The summed E-state index contributed by atoms with van der Waals surface area (Å²) in [5.41, 5.74) is 3.76. The number of benzene rings is 1. The van der Waals surface area contributed by atoms with E-state index >= 15 is 0 Å². The number of carbonyl (C=O) groups excluding carboxylic acids is 1. The van der Waals surface area contributed by atoms with Gasteiger partial charge in [0.05, 0.1) is 13.0 Å². The maximum atomic E-state index is 11.5. The van der Waals surface area contributed by atoms with Gasteiger partial charge in [0.25, 0.3) is 0 Å². The molecule has 4 heteroatoms. The molecule has 0 aliphatic carbocycles.